The van der Waals surface area contributed by atoms with Gasteiger partial charge in [0.2, 0.25) is 0 Å². The highest BCUT2D eigenvalue weighted by atomic mass is 35.5. The minimum absolute atomic E-state index is 0.698. The number of nitrogens with zero attached hydrogens (tertiary/aromatic N) is 3. The van der Waals surface area contributed by atoms with Crippen LogP contribution in [-0.4, -0.2) is 41.0 Å². The van der Waals surface area contributed by atoms with Crippen LogP contribution in [-0.2, 0) is 0 Å². The molecule has 2 aromatic heterocycles. The molecule has 5 heteroatoms. The van der Waals surface area contributed by atoms with E-state index in [0.29, 0.717) is 10.7 Å². The van der Waals surface area contributed by atoms with Gasteiger partial charge in [-0.25, -0.2) is 9.97 Å². The summed E-state index contributed by atoms with van der Waals surface area (Å²) in [7, 11) is 0. The van der Waals surface area contributed by atoms with Gasteiger partial charge in [-0.15, -0.1) is 0 Å². The molecule has 21 heavy (non-hydrogen) atoms. The summed E-state index contributed by atoms with van der Waals surface area (Å²) in [5, 5.41) is 4.96. The number of nitrogens with one attached hydrogen (secondary N) is 1. The Morgan fingerprint density at radius 3 is 2.95 bits per heavy atom. The summed E-state index contributed by atoms with van der Waals surface area (Å²) < 4.78 is 0. The maximum atomic E-state index is 6.27. The minimum Gasteiger partial charge on any atom is -0.370 e. The van der Waals surface area contributed by atoms with Crippen molar-refractivity contribution in [2.75, 3.05) is 31.5 Å². The van der Waals surface area contributed by atoms with Crippen LogP contribution in [0.2, 0.25) is 5.02 Å². The summed E-state index contributed by atoms with van der Waals surface area (Å²) in [5.74, 6) is 0.810. The number of hydrogen-bond donors (Lipinski definition) is 1. The monoisotopic (exact) mass is 304 g/mol. The van der Waals surface area contributed by atoms with Gasteiger partial charge in [-0.3, -0.25) is 0 Å². The van der Waals surface area contributed by atoms with Gasteiger partial charge >= 0.3 is 0 Å². The van der Waals surface area contributed by atoms with Gasteiger partial charge in [0.05, 0.1) is 5.02 Å². The summed E-state index contributed by atoms with van der Waals surface area (Å²) in [5.41, 5.74) is 0.698. The van der Waals surface area contributed by atoms with Crippen molar-refractivity contribution in [2.45, 2.75) is 25.7 Å². The van der Waals surface area contributed by atoms with Gasteiger partial charge in [0.1, 0.15) is 5.82 Å². The number of pyridine rings is 2. The van der Waals surface area contributed by atoms with E-state index in [9.17, 15) is 0 Å². The molecule has 0 aromatic carbocycles. The molecule has 0 unspecified atom stereocenters. The Morgan fingerprint density at radius 2 is 2.10 bits per heavy atom. The van der Waals surface area contributed by atoms with E-state index < -0.39 is 0 Å². The standard InChI is InChI=1S/C16H21ClN4/c17-14-12-15(20-16-13(14)6-4-7-19-16)18-8-5-11-21-9-2-1-3-10-21/h4,6-7,12H,1-3,5,8-11H2,(H,18,19,20). The van der Waals surface area contributed by atoms with E-state index in [1.54, 1.807) is 6.20 Å². The number of halogens is 1. The predicted octanol–water partition coefficient (Wildman–Crippen LogP) is 3.57. The second kappa shape index (κ2) is 7.05. The maximum Gasteiger partial charge on any atom is 0.162 e. The summed E-state index contributed by atoms with van der Waals surface area (Å²) in [6.07, 6.45) is 6.95. The third kappa shape index (κ3) is 3.83. The fraction of sp³-hybridized carbons (Fsp3) is 0.500. The Bertz CT molecular complexity index is 596. The summed E-state index contributed by atoms with van der Waals surface area (Å²) in [6.45, 7) is 4.58. The molecule has 1 N–H and O–H groups in total. The van der Waals surface area contributed by atoms with Gasteiger partial charge in [0.15, 0.2) is 5.65 Å². The van der Waals surface area contributed by atoms with Crippen LogP contribution >= 0.6 is 11.6 Å². The molecular formula is C16H21ClN4. The van der Waals surface area contributed by atoms with Crippen LogP contribution in [0.5, 0.6) is 0 Å². The van der Waals surface area contributed by atoms with Crippen molar-refractivity contribution in [1.82, 2.24) is 14.9 Å². The molecule has 0 bridgehead atoms. The maximum absolute atomic E-state index is 6.27. The first-order valence-electron chi connectivity index (χ1n) is 7.70. The van der Waals surface area contributed by atoms with E-state index in [2.05, 4.69) is 20.2 Å². The van der Waals surface area contributed by atoms with Crippen molar-refractivity contribution in [1.29, 1.82) is 0 Å². The van der Waals surface area contributed by atoms with Crippen molar-refractivity contribution >= 4 is 28.5 Å². The number of hydrogen-bond acceptors (Lipinski definition) is 4. The zero-order chi connectivity index (χ0) is 14.5. The number of likely N-dealkylation sites (tertiary alicyclic amines) is 1. The quantitative estimate of drug-likeness (QED) is 0.857. The summed E-state index contributed by atoms with van der Waals surface area (Å²) >= 11 is 6.27. The molecule has 0 radical (unpaired) electrons. The number of piperidine rings is 1. The van der Waals surface area contributed by atoms with E-state index in [4.69, 9.17) is 11.6 Å². The topological polar surface area (TPSA) is 41.0 Å². The Hall–Kier alpha value is -1.39. The highest BCUT2D eigenvalue weighted by Crippen LogP contribution is 2.23. The van der Waals surface area contributed by atoms with Crippen molar-refractivity contribution in [2.24, 2.45) is 0 Å². The Labute approximate surface area is 130 Å². The van der Waals surface area contributed by atoms with Crippen LogP contribution in [0, 0.1) is 0 Å². The predicted molar refractivity (Wildman–Crippen MR) is 87.9 cm³/mol. The first-order valence-corrected chi connectivity index (χ1v) is 8.08. The fourth-order valence-corrected chi connectivity index (χ4v) is 3.06. The minimum atomic E-state index is 0.698. The lowest BCUT2D eigenvalue weighted by atomic mass is 10.1. The van der Waals surface area contributed by atoms with Crippen LogP contribution in [0.1, 0.15) is 25.7 Å². The smallest absolute Gasteiger partial charge is 0.162 e. The molecule has 0 spiro atoms. The Balaban J connectivity index is 1.53. The van der Waals surface area contributed by atoms with Crippen LogP contribution < -0.4 is 5.32 Å². The molecule has 1 aliphatic rings. The first-order chi connectivity index (χ1) is 10.3. The first kappa shape index (κ1) is 14.5. The lowest BCUT2D eigenvalue weighted by Gasteiger charge is -2.26. The number of aromatic nitrogens is 2. The van der Waals surface area contributed by atoms with Crippen molar-refractivity contribution in [3.05, 3.63) is 29.4 Å². The molecular weight excluding hydrogens is 284 g/mol. The zero-order valence-corrected chi connectivity index (χ0v) is 12.9. The largest absolute Gasteiger partial charge is 0.370 e. The van der Waals surface area contributed by atoms with E-state index >= 15 is 0 Å². The number of fused-ring (bicyclic) bond motifs is 1. The molecule has 3 rings (SSSR count). The molecule has 0 saturated carbocycles. The van der Waals surface area contributed by atoms with Crippen LogP contribution in [0.25, 0.3) is 11.0 Å². The highest BCUT2D eigenvalue weighted by Gasteiger charge is 2.09. The number of anilines is 1. The normalized spacial score (nSPS) is 16.2. The van der Waals surface area contributed by atoms with Crippen molar-refractivity contribution in [3.63, 3.8) is 0 Å². The molecule has 0 amide bonds. The molecule has 4 nitrogen and oxygen atoms in total. The lowest BCUT2D eigenvalue weighted by molar-refractivity contribution is 0.228. The average molecular weight is 305 g/mol. The highest BCUT2D eigenvalue weighted by molar-refractivity contribution is 6.35. The SMILES string of the molecule is Clc1cc(NCCCN2CCCCC2)nc2ncccc12. The van der Waals surface area contributed by atoms with Gasteiger partial charge in [0, 0.05) is 18.1 Å². The second-order valence-electron chi connectivity index (χ2n) is 5.55. The molecule has 1 saturated heterocycles. The van der Waals surface area contributed by atoms with Gasteiger partial charge in [-0.2, -0.15) is 0 Å². The van der Waals surface area contributed by atoms with Gasteiger partial charge in [0.25, 0.3) is 0 Å². The van der Waals surface area contributed by atoms with E-state index in [0.717, 1.165) is 30.7 Å². The molecule has 0 aliphatic carbocycles. The summed E-state index contributed by atoms with van der Waals surface area (Å²) in [4.78, 5) is 11.3. The molecule has 1 fully saturated rings. The second-order valence-corrected chi connectivity index (χ2v) is 5.95. The molecule has 2 aromatic rings. The van der Waals surface area contributed by atoms with E-state index in [1.807, 2.05) is 18.2 Å². The Kier molecular flexibility index (Phi) is 4.88. The third-order valence-corrected chi connectivity index (χ3v) is 4.25. The van der Waals surface area contributed by atoms with Gasteiger partial charge < -0.3 is 10.2 Å². The third-order valence-electron chi connectivity index (χ3n) is 3.94. The molecule has 3 heterocycles. The van der Waals surface area contributed by atoms with E-state index in [1.165, 1.54) is 32.4 Å². The molecule has 112 valence electrons. The number of rotatable bonds is 5. The molecule has 0 atom stereocenters. The van der Waals surface area contributed by atoms with Crippen LogP contribution in [0.3, 0.4) is 0 Å². The average Bonchev–Trinajstić information content (AvgIpc) is 2.53. The lowest BCUT2D eigenvalue weighted by Crippen LogP contribution is -2.31. The fourth-order valence-electron chi connectivity index (χ4n) is 2.81. The van der Waals surface area contributed by atoms with Crippen molar-refractivity contribution in [3.8, 4) is 0 Å². The summed E-state index contributed by atoms with van der Waals surface area (Å²) in [6, 6.07) is 5.70. The van der Waals surface area contributed by atoms with E-state index in [-0.39, 0.29) is 0 Å². The van der Waals surface area contributed by atoms with Gasteiger partial charge in [-0.1, -0.05) is 18.0 Å². The van der Waals surface area contributed by atoms with Gasteiger partial charge in [-0.05, 0) is 57.1 Å². The van der Waals surface area contributed by atoms with Crippen molar-refractivity contribution < 1.29 is 0 Å². The molecule has 1 aliphatic heterocycles. The Morgan fingerprint density at radius 1 is 1.24 bits per heavy atom. The van der Waals surface area contributed by atoms with Crippen LogP contribution in [0.15, 0.2) is 24.4 Å². The zero-order valence-electron chi connectivity index (χ0n) is 12.2. The van der Waals surface area contributed by atoms with Crippen LogP contribution in [0.4, 0.5) is 5.82 Å².